The first-order valence-corrected chi connectivity index (χ1v) is 17.6. The molecule has 0 fully saturated rings. The SMILES string of the molecule is COC(C)(C)C(=O)CC/C(C)=C/CC/C(C)=C/CCC(C)CCCC/C(C)=C/CC[C@H](C)CC/C=C(/C)CCC=C(C)C. The maximum Gasteiger partial charge on any atom is 0.164 e. The normalized spacial score (nSPS) is 15.0. The molecule has 0 amide bonds. The number of hydrogen-bond acceptors (Lipinski definition) is 2. The van der Waals surface area contributed by atoms with Gasteiger partial charge in [-0.05, 0) is 151 Å². The van der Waals surface area contributed by atoms with Crippen LogP contribution in [0.4, 0.5) is 0 Å². The van der Waals surface area contributed by atoms with Crippen LogP contribution >= 0.6 is 0 Å². The van der Waals surface area contributed by atoms with Gasteiger partial charge >= 0.3 is 0 Å². The lowest BCUT2D eigenvalue weighted by Gasteiger charge is -2.21. The van der Waals surface area contributed by atoms with Crippen molar-refractivity contribution in [3.8, 4) is 0 Å². The second-order valence-corrected chi connectivity index (χ2v) is 14.4. The Bertz CT molecular complexity index is 904. The molecule has 0 saturated carbocycles. The van der Waals surface area contributed by atoms with E-state index in [0.29, 0.717) is 6.42 Å². The number of allylic oxidation sites excluding steroid dienone is 10. The molecule has 2 nitrogen and oxygen atoms in total. The number of unbranched alkanes of at least 4 members (excludes halogenated alkanes) is 1. The molecule has 2 atom stereocenters. The largest absolute Gasteiger partial charge is 0.371 e. The van der Waals surface area contributed by atoms with Gasteiger partial charge in [0.05, 0.1) is 0 Å². The molecule has 0 aromatic rings. The quantitative estimate of drug-likeness (QED) is 0.0774. The van der Waals surface area contributed by atoms with Gasteiger partial charge in [-0.1, -0.05) is 84.9 Å². The summed E-state index contributed by atoms with van der Waals surface area (Å²) < 4.78 is 5.30. The summed E-state index contributed by atoms with van der Waals surface area (Å²) in [5.74, 6) is 1.78. The maximum absolute atomic E-state index is 12.2. The average Bonchev–Trinajstić information content (AvgIpc) is 2.93. The summed E-state index contributed by atoms with van der Waals surface area (Å²) in [6.45, 7) is 21.9. The number of carbonyl (C=O) groups excluding carboxylic acids is 1. The summed E-state index contributed by atoms with van der Waals surface area (Å²) in [4.78, 5) is 12.2. The predicted octanol–water partition coefficient (Wildman–Crippen LogP) is 13.2. The topological polar surface area (TPSA) is 26.3 Å². The highest BCUT2D eigenvalue weighted by atomic mass is 16.5. The van der Waals surface area contributed by atoms with E-state index in [4.69, 9.17) is 4.74 Å². The highest BCUT2D eigenvalue weighted by Gasteiger charge is 2.25. The van der Waals surface area contributed by atoms with Crippen molar-refractivity contribution in [1.29, 1.82) is 0 Å². The zero-order valence-corrected chi connectivity index (χ0v) is 30.7. The number of carbonyl (C=O) groups is 1. The van der Waals surface area contributed by atoms with Gasteiger partial charge in [-0.2, -0.15) is 0 Å². The summed E-state index contributed by atoms with van der Waals surface area (Å²) in [6, 6.07) is 0. The monoisotopic (exact) mass is 597 g/mol. The van der Waals surface area contributed by atoms with Gasteiger partial charge < -0.3 is 4.74 Å². The molecule has 1 unspecified atom stereocenters. The van der Waals surface area contributed by atoms with Crippen LogP contribution in [0.5, 0.6) is 0 Å². The van der Waals surface area contributed by atoms with Crippen LogP contribution in [0.15, 0.2) is 58.2 Å². The Hall–Kier alpha value is -1.67. The minimum Gasteiger partial charge on any atom is -0.371 e. The van der Waals surface area contributed by atoms with E-state index in [-0.39, 0.29) is 5.78 Å². The summed E-state index contributed by atoms with van der Waals surface area (Å²) in [6.07, 6.45) is 30.9. The molecule has 0 bridgehead atoms. The number of hydrogen-bond donors (Lipinski definition) is 0. The number of methoxy groups -OCH3 is 1. The zero-order chi connectivity index (χ0) is 32.7. The van der Waals surface area contributed by atoms with E-state index in [9.17, 15) is 4.79 Å². The minimum absolute atomic E-state index is 0.177. The van der Waals surface area contributed by atoms with Crippen molar-refractivity contribution >= 4 is 5.78 Å². The van der Waals surface area contributed by atoms with Gasteiger partial charge in [0.2, 0.25) is 0 Å². The Kier molecular flexibility index (Phi) is 23.7. The van der Waals surface area contributed by atoms with E-state index in [1.165, 1.54) is 93.8 Å². The summed E-state index contributed by atoms with van der Waals surface area (Å²) >= 11 is 0. The first-order valence-electron chi connectivity index (χ1n) is 17.6. The Balaban J connectivity index is 4.02. The fourth-order valence-electron chi connectivity index (χ4n) is 5.30. The van der Waals surface area contributed by atoms with Crippen LogP contribution in [0.1, 0.15) is 172 Å². The van der Waals surface area contributed by atoms with Crippen LogP contribution in [-0.2, 0) is 9.53 Å². The van der Waals surface area contributed by atoms with E-state index < -0.39 is 5.60 Å². The Labute approximate surface area is 269 Å². The van der Waals surface area contributed by atoms with Gasteiger partial charge in [-0.3, -0.25) is 4.79 Å². The number of ether oxygens (including phenoxy) is 1. The van der Waals surface area contributed by atoms with Gasteiger partial charge in [0, 0.05) is 13.5 Å². The molecular formula is C41H72O2. The standard InChI is InChI=1S/C41H72O2/c1-33(2)19-14-22-36(5)25-17-28-37(6)26-15-23-34(3)20-12-13-21-35(4)24-16-27-38(7)29-18-30-39(8)31-32-40(42)41(9,10)43-11/h19,23,25,27,30,35,37H,12-18,20-22,24,26,28-29,31-32H2,1-11H3/b34-23+,36-25-,38-27+,39-30+/t35?,37-/m0/s1. The second-order valence-electron chi connectivity index (χ2n) is 14.4. The molecule has 0 N–H and O–H groups in total. The van der Waals surface area contributed by atoms with Crippen molar-refractivity contribution in [1.82, 2.24) is 0 Å². The minimum atomic E-state index is -0.673. The molecule has 0 radical (unpaired) electrons. The molecule has 0 heterocycles. The number of Topliss-reactive ketones (excluding diaryl/α,β-unsaturated/α-hetero) is 1. The van der Waals surface area contributed by atoms with Crippen molar-refractivity contribution in [2.45, 2.75) is 178 Å². The number of ketones is 1. The van der Waals surface area contributed by atoms with Crippen LogP contribution in [0.2, 0.25) is 0 Å². The lowest BCUT2D eigenvalue weighted by Crippen LogP contribution is -2.33. The van der Waals surface area contributed by atoms with E-state index in [1.807, 2.05) is 13.8 Å². The first-order chi connectivity index (χ1) is 20.3. The Morgan fingerprint density at radius 2 is 0.977 bits per heavy atom. The Morgan fingerprint density at radius 3 is 1.47 bits per heavy atom. The Morgan fingerprint density at radius 1 is 0.558 bits per heavy atom. The summed E-state index contributed by atoms with van der Waals surface area (Å²) in [5, 5.41) is 0. The van der Waals surface area contributed by atoms with Crippen LogP contribution in [-0.4, -0.2) is 18.5 Å². The van der Waals surface area contributed by atoms with Crippen LogP contribution in [0.3, 0.4) is 0 Å². The maximum atomic E-state index is 12.2. The number of rotatable bonds is 25. The second kappa shape index (κ2) is 24.6. The molecule has 248 valence electrons. The lowest BCUT2D eigenvalue weighted by atomic mass is 9.95. The smallest absolute Gasteiger partial charge is 0.164 e. The van der Waals surface area contributed by atoms with E-state index in [2.05, 4.69) is 85.8 Å². The average molecular weight is 597 g/mol. The first kappa shape index (κ1) is 41.3. The van der Waals surface area contributed by atoms with Gasteiger partial charge in [-0.25, -0.2) is 0 Å². The molecular weight excluding hydrogens is 524 g/mol. The van der Waals surface area contributed by atoms with Crippen molar-refractivity contribution < 1.29 is 9.53 Å². The molecule has 43 heavy (non-hydrogen) atoms. The van der Waals surface area contributed by atoms with Crippen molar-refractivity contribution in [3.63, 3.8) is 0 Å². The van der Waals surface area contributed by atoms with E-state index in [1.54, 1.807) is 18.3 Å². The van der Waals surface area contributed by atoms with Crippen LogP contribution in [0, 0.1) is 11.8 Å². The predicted molar refractivity (Wildman–Crippen MR) is 193 cm³/mol. The molecule has 0 aromatic heterocycles. The fourth-order valence-corrected chi connectivity index (χ4v) is 5.30. The van der Waals surface area contributed by atoms with Crippen LogP contribution in [0.25, 0.3) is 0 Å². The molecule has 0 spiro atoms. The van der Waals surface area contributed by atoms with Crippen molar-refractivity contribution in [2.75, 3.05) is 7.11 Å². The summed E-state index contributed by atoms with van der Waals surface area (Å²) in [7, 11) is 1.61. The van der Waals surface area contributed by atoms with Gasteiger partial charge in [0.1, 0.15) is 5.60 Å². The third-order valence-corrected chi connectivity index (χ3v) is 9.03. The highest BCUT2D eigenvalue weighted by molar-refractivity contribution is 5.86. The molecule has 0 aliphatic rings. The molecule has 0 aliphatic heterocycles. The highest BCUT2D eigenvalue weighted by Crippen LogP contribution is 2.21. The molecule has 0 rings (SSSR count). The van der Waals surface area contributed by atoms with E-state index in [0.717, 1.165) is 31.1 Å². The lowest BCUT2D eigenvalue weighted by molar-refractivity contribution is -0.137. The summed E-state index contributed by atoms with van der Waals surface area (Å²) in [5.41, 5.74) is 6.68. The van der Waals surface area contributed by atoms with Crippen molar-refractivity contribution in [3.05, 3.63) is 58.2 Å². The van der Waals surface area contributed by atoms with Gasteiger partial charge in [0.15, 0.2) is 5.78 Å². The third-order valence-electron chi connectivity index (χ3n) is 9.03. The molecule has 0 saturated heterocycles. The third kappa shape index (κ3) is 24.3. The van der Waals surface area contributed by atoms with E-state index >= 15 is 0 Å². The van der Waals surface area contributed by atoms with Crippen molar-refractivity contribution in [2.24, 2.45) is 11.8 Å². The zero-order valence-electron chi connectivity index (χ0n) is 30.7. The molecule has 0 aliphatic carbocycles. The fraction of sp³-hybridized carbons (Fsp3) is 0.732. The van der Waals surface area contributed by atoms with Crippen LogP contribution < -0.4 is 0 Å². The molecule has 0 aromatic carbocycles. The van der Waals surface area contributed by atoms with Gasteiger partial charge in [0.25, 0.3) is 0 Å². The van der Waals surface area contributed by atoms with Gasteiger partial charge in [-0.15, -0.1) is 0 Å². The molecule has 2 heteroatoms.